The lowest BCUT2D eigenvalue weighted by atomic mass is 10.4. The first-order chi connectivity index (χ1) is 5.33. The van der Waals surface area contributed by atoms with Crippen LogP contribution in [-0.2, 0) is 0 Å². The summed E-state index contributed by atoms with van der Waals surface area (Å²) < 4.78 is 5.25. The van der Waals surface area contributed by atoms with E-state index in [1.807, 2.05) is 0 Å². The minimum absolute atomic E-state index is 1.31. The van der Waals surface area contributed by atoms with E-state index in [0.29, 0.717) is 0 Å². The SMILES string of the molecule is ICCCCI.ICCCI. The van der Waals surface area contributed by atoms with Crippen molar-refractivity contribution in [2.45, 2.75) is 19.3 Å². The third-order valence-corrected chi connectivity index (χ3v) is 3.84. The largest absolute Gasteiger partial charge is 0.0864 e. The molecule has 70 valence electrons. The molecule has 0 atom stereocenters. The molecule has 11 heavy (non-hydrogen) atoms. The molecule has 0 nitrogen and oxygen atoms in total. The molecule has 0 aliphatic carbocycles. The summed E-state index contributed by atoms with van der Waals surface area (Å²) in [6.07, 6.45) is 4.15. The van der Waals surface area contributed by atoms with E-state index < -0.39 is 0 Å². The second-order valence-electron chi connectivity index (χ2n) is 1.82. The first kappa shape index (κ1) is 16.4. The van der Waals surface area contributed by atoms with Gasteiger partial charge in [0.15, 0.2) is 0 Å². The number of unbranched alkanes of at least 4 members (excludes halogenated alkanes) is 1. The van der Waals surface area contributed by atoms with Gasteiger partial charge in [0, 0.05) is 8.86 Å². The molecule has 4 heteroatoms. The molecule has 0 aromatic heterocycles. The van der Waals surface area contributed by atoms with Gasteiger partial charge in [0.25, 0.3) is 0 Å². The molecule has 0 bridgehead atoms. The molecule has 0 saturated carbocycles. The number of hydrogen-bond donors (Lipinski definition) is 0. The number of rotatable bonds is 5. The van der Waals surface area contributed by atoms with Gasteiger partial charge in [-0.05, 0) is 28.1 Å². The standard InChI is InChI=1S/C4H8I2.C3H6I2/c5-3-1-2-4-6;4-2-1-3-5/h1-4H2;1-3H2. The minimum atomic E-state index is 1.31. The average molecular weight is 606 g/mol. The van der Waals surface area contributed by atoms with E-state index in [0.717, 1.165) is 0 Å². The lowest BCUT2D eigenvalue weighted by molar-refractivity contribution is 0.931. The molecule has 0 spiro atoms. The zero-order chi connectivity index (χ0) is 8.95. The number of alkyl halides is 4. The molecule has 0 saturated heterocycles. The summed E-state index contributed by atoms with van der Waals surface area (Å²) in [5.41, 5.74) is 0. The van der Waals surface area contributed by atoms with Gasteiger partial charge in [0.1, 0.15) is 0 Å². The summed E-state index contributed by atoms with van der Waals surface area (Å²) in [7, 11) is 0. The van der Waals surface area contributed by atoms with Crippen LogP contribution in [0.5, 0.6) is 0 Å². The zero-order valence-electron chi connectivity index (χ0n) is 6.46. The first-order valence-electron chi connectivity index (χ1n) is 3.57. The van der Waals surface area contributed by atoms with Crippen LogP contribution in [0.3, 0.4) is 0 Å². The van der Waals surface area contributed by atoms with Crippen LogP contribution in [0.25, 0.3) is 0 Å². The van der Waals surface area contributed by atoms with E-state index in [1.165, 1.54) is 37.0 Å². The zero-order valence-corrected chi connectivity index (χ0v) is 15.1. The topological polar surface area (TPSA) is 0 Å². The monoisotopic (exact) mass is 606 g/mol. The molecule has 0 N–H and O–H groups in total. The van der Waals surface area contributed by atoms with Crippen molar-refractivity contribution in [2.24, 2.45) is 0 Å². The Hall–Kier alpha value is 2.92. The van der Waals surface area contributed by atoms with Crippen molar-refractivity contribution < 1.29 is 0 Å². The highest BCUT2D eigenvalue weighted by molar-refractivity contribution is 14.1. The number of halogens is 4. The van der Waals surface area contributed by atoms with Gasteiger partial charge in [0.05, 0.1) is 0 Å². The van der Waals surface area contributed by atoms with Crippen molar-refractivity contribution in [3.8, 4) is 0 Å². The van der Waals surface area contributed by atoms with Crippen molar-refractivity contribution in [2.75, 3.05) is 17.7 Å². The fourth-order valence-electron chi connectivity index (χ4n) is 0.239. The van der Waals surface area contributed by atoms with Crippen LogP contribution in [0.4, 0.5) is 0 Å². The summed E-state index contributed by atoms with van der Waals surface area (Å²) in [6, 6.07) is 0. The molecule has 0 unspecified atom stereocenters. The van der Waals surface area contributed by atoms with E-state index in [1.54, 1.807) is 0 Å². The molecule has 0 aromatic carbocycles. The second kappa shape index (κ2) is 18.7. The Balaban J connectivity index is 0. The average Bonchev–Trinajstić information content (AvgIpc) is 2.04. The summed E-state index contributed by atoms with van der Waals surface area (Å²) in [6.45, 7) is 0. The van der Waals surface area contributed by atoms with Crippen molar-refractivity contribution in [3.63, 3.8) is 0 Å². The lowest BCUT2D eigenvalue weighted by Crippen LogP contribution is -1.73. The van der Waals surface area contributed by atoms with Crippen molar-refractivity contribution in [1.82, 2.24) is 0 Å². The Kier molecular flexibility index (Phi) is 27.7. The van der Waals surface area contributed by atoms with Gasteiger partial charge in [-0.1, -0.05) is 90.4 Å². The Bertz CT molecular complexity index is 43.7. The van der Waals surface area contributed by atoms with Crippen molar-refractivity contribution in [1.29, 1.82) is 0 Å². The van der Waals surface area contributed by atoms with Gasteiger partial charge >= 0.3 is 0 Å². The number of hydrogen-bond acceptors (Lipinski definition) is 0. The van der Waals surface area contributed by atoms with E-state index in [-0.39, 0.29) is 0 Å². The van der Waals surface area contributed by atoms with Gasteiger partial charge in [0.2, 0.25) is 0 Å². The molecule has 0 heterocycles. The maximum absolute atomic E-state index is 2.41. The van der Waals surface area contributed by atoms with Crippen molar-refractivity contribution >= 4 is 90.4 Å². The van der Waals surface area contributed by atoms with E-state index in [9.17, 15) is 0 Å². The molecule has 0 amide bonds. The molecule has 0 aromatic rings. The van der Waals surface area contributed by atoms with Crippen LogP contribution >= 0.6 is 90.4 Å². The molecule has 0 aliphatic rings. The first-order valence-corrected chi connectivity index (χ1v) is 9.67. The van der Waals surface area contributed by atoms with E-state index >= 15 is 0 Å². The molecule has 0 rings (SSSR count). The molecule has 0 aliphatic heterocycles. The fraction of sp³-hybridized carbons (Fsp3) is 1.00. The maximum atomic E-state index is 2.41. The quantitative estimate of drug-likeness (QED) is 0.238. The van der Waals surface area contributed by atoms with Crippen LogP contribution < -0.4 is 0 Å². The van der Waals surface area contributed by atoms with Gasteiger partial charge in [-0.3, -0.25) is 0 Å². The van der Waals surface area contributed by atoms with Gasteiger partial charge in [-0.15, -0.1) is 0 Å². The van der Waals surface area contributed by atoms with Gasteiger partial charge in [-0.2, -0.15) is 0 Å². The minimum Gasteiger partial charge on any atom is -0.0864 e. The third-order valence-electron chi connectivity index (χ3n) is 0.785. The Morgan fingerprint density at radius 2 is 0.727 bits per heavy atom. The molecular formula is C7H14I4. The van der Waals surface area contributed by atoms with E-state index in [4.69, 9.17) is 0 Å². The Labute approximate surface area is 125 Å². The van der Waals surface area contributed by atoms with Crippen LogP contribution in [0, 0.1) is 0 Å². The normalized spacial score (nSPS) is 8.73. The maximum Gasteiger partial charge on any atom is 0.000257 e. The highest BCUT2D eigenvalue weighted by atomic mass is 127. The summed E-state index contributed by atoms with van der Waals surface area (Å²) in [5, 5.41) is 0. The molecular weight excluding hydrogens is 592 g/mol. The van der Waals surface area contributed by atoms with Crippen LogP contribution in [0.2, 0.25) is 0 Å². The Morgan fingerprint density at radius 1 is 0.455 bits per heavy atom. The van der Waals surface area contributed by atoms with E-state index in [2.05, 4.69) is 90.4 Å². The highest BCUT2D eigenvalue weighted by Gasteiger charge is 1.77. The summed E-state index contributed by atoms with van der Waals surface area (Å²) in [5.74, 6) is 0. The van der Waals surface area contributed by atoms with Crippen LogP contribution in [-0.4, -0.2) is 17.7 Å². The smallest absolute Gasteiger partial charge is 0.000257 e. The van der Waals surface area contributed by atoms with Gasteiger partial charge in [-0.25, -0.2) is 0 Å². The summed E-state index contributed by atoms with van der Waals surface area (Å²) in [4.78, 5) is 0. The molecule has 0 fully saturated rings. The van der Waals surface area contributed by atoms with Crippen LogP contribution in [0.15, 0.2) is 0 Å². The predicted octanol–water partition coefficient (Wildman–Crippen LogP) is 4.88. The summed E-state index contributed by atoms with van der Waals surface area (Å²) >= 11 is 9.58. The van der Waals surface area contributed by atoms with Crippen molar-refractivity contribution in [3.05, 3.63) is 0 Å². The van der Waals surface area contributed by atoms with Crippen LogP contribution in [0.1, 0.15) is 19.3 Å². The third kappa shape index (κ3) is 24.6. The predicted molar refractivity (Wildman–Crippen MR) is 89.4 cm³/mol. The lowest BCUT2D eigenvalue weighted by Gasteiger charge is -1.83. The fourth-order valence-corrected chi connectivity index (χ4v) is 3.54. The molecule has 0 radical (unpaired) electrons. The highest BCUT2D eigenvalue weighted by Crippen LogP contribution is 1.96. The Morgan fingerprint density at radius 3 is 0.818 bits per heavy atom. The second-order valence-corrected chi connectivity index (χ2v) is 6.13. The van der Waals surface area contributed by atoms with Gasteiger partial charge < -0.3 is 0 Å².